The van der Waals surface area contributed by atoms with Crippen molar-refractivity contribution in [2.24, 2.45) is 0 Å². The fraction of sp³-hybridized carbons (Fsp3) is 0. The third kappa shape index (κ3) is 2.71. The van der Waals surface area contributed by atoms with Gasteiger partial charge in [-0.05, 0) is 41.1 Å². The second-order valence-corrected chi connectivity index (χ2v) is 11.0. The molecule has 0 radical (unpaired) electrons. The molecule has 0 amide bonds. The molecule has 0 aliphatic carbocycles. The van der Waals surface area contributed by atoms with E-state index in [-0.39, 0.29) is 0 Å². The van der Waals surface area contributed by atoms with Crippen LogP contribution in [0.4, 0.5) is 0 Å². The number of rotatable bonds is 2. The first-order valence-electron chi connectivity index (χ1n) is 14.3. The second-order valence-electron chi connectivity index (χ2n) is 11.0. The minimum atomic E-state index is 0.841. The number of nitrogens with zero attached hydrogens (tertiary/aromatic N) is 4. The van der Waals surface area contributed by atoms with E-state index in [1.165, 1.54) is 48.9 Å². The third-order valence-electron chi connectivity index (χ3n) is 8.80. The van der Waals surface area contributed by atoms with Crippen molar-refractivity contribution in [3.05, 3.63) is 133 Å². The lowest BCUT2D eigenvalue weighted by molar-refractivity contribution is 1.08. The van der Waals surface area contributed by atoms with Crippen LogP contribution >= 0.6 is 0 Å². The number of fused-ring (bicyclic) bond motifs is 11. The fourth-order valence-corrected chi connectivity index (χ4v) is 7.11. The maximum absolute atomic E-state index is 5.35. The molecule has 0 aliphatic heterocycles. The van der Waals surface area contributed by atoms with Crippen molar-refractivity contribution in [3.63, 3.8) is 0 Å². The van der Waals surface area contributed by atoms with E-state index in [1.807, 2.05) is 24.3 Å². The first-order chi connectivity index (χ1) is 20.9. The van der Waals surface area contributed by atoms with Crippen molar-refractivity contribution in [1.82, 2.24) is 18.9 Å². The van der Waals surface area contributed by atoms with Crippen LogP contribution in [0.2, 0.25) is 0 Å². The highest BCUT2D eigenvalue weighted by atomic mass is 15.1. The van der Waals surface area contributed by atoms with E-state index < -0.39 is 0 Å². The standard InChI is InChI=1S/C38H22N4/c1-2-12-23(13-3-1)34-38(40-30-19-9-8-18-29(30)39-34)42-32-21-11-7-17-27(32)36-37(42)28-22-24-14-4-5-15-25(24)33-26-16-6-10-20-31(26)41(36)35(28)33/h1-22H. The van der Waals surface area contributed by atoms with Gasteiger partial charge in [0, 0.05) is 27.1 Å². The molecule has 0 fully saturated rings. The van der Waals surface area contributed by atoms with Crippen molar-refractivity contribution in [3.8, 4) is 17.1 Å². The molecular weight excluding hydrogens is 512 g/mol. The van der Waals surface area contributed by atoms with Crippen molar-refractivity contribution < 1.29 is 0 Å². The molecule has 0 saturated heterocycles. The van der Waals surface area contributed by atoms with E-state index in [0.717, 1.165) is 39.1 Å². The van der Waals surface area contributed by atoms with Crippen LogP contribution in [-0.2, 0) is 0 Å². The smallest absolute Gasteiger partial charge is 0.165 e. The van der Waals surface area contributed by atoms with Crippen LogP contribution in [0.3, 0.4) is 0 Å². The molecule has 10 aromatic rings. The molecular formula is C38H22N4. The Kier molecular flexibility index (Phi) is 4.15. The van der Waals surface area contributed by atoms with Crippen LogP contribution in [-0.4, -0.2) is 18.9 Å². The monoisotopic (exact) mass is 534 g/mol. The van der Waals surface area contributed by atoms with Gasteiger partial charge in [-0.2, -0.15) is 0 Å². The summed E-state index contributed by atoms with van der Waals surface area (Å²) in [7, 11) is 0. The highest BCUT2D eigenvalue weighted by Gasteiger charge is 2.27. The summed E-state index contributed by atoms with van der Waals surface area (Å²) in [6, 6.07) is 47.2. The molecule has 0 spiro atoms. The Bertz CT molecular complexity index is 2680. The van der Waals surface area contributed by atoms with Gasteiger partial charge in [0.05, 0.1) is 38.6 Å². The number of hydrogen-bond donors (Lipinski definition) is 0. The van der Waals surface area contributed by atoms with Crippen molar-refractivity contribution >= 4 is 70.9 Å². The van der Waals surface area contributed by atoms with Crippen LogP contribution in [0.1, 0.15) is 0 Å². The number of hydrogen-bond acceptors (Lipinski definition) is 2. The Morgan fingerprint density at radius 3 is 1.93 bits per heavy atom. The van der Waals surface area contributed by atoms with Gasteiger partial charge in [0.2, 0.25) is 0 Å². The van der Waals surface area contributed by atoms with Crippen molar-refractivity contribution in [2.45, 2.75) is 0 Å². The average Bonchev–Trinajstić information content (AvgIpc) is 3.68. The van der Waals surface area contributed by atoms with Gasteiger partial charge < -0.3 is 4.40 Å². The SMILES string of the molecule is c1ccc(-c2nc3ccccc3nc2-n2c3ccccc3c3c2c2cc4ccccc4c4c5ccccc5n3c24)cc1. The van der Waals surface area contributed by atoms with Gasteiger partial charge in [-0.1, -0.05) is 103 Å². The molecule has 42 heavy (non-hydrogen) atoms. The van der Waals surface area contributed by atoms with Crippen LogP contribution in [0.5, 0.6) is 0 Å². The lowest BCUT2D eigenvalue weighted by Gasteiger charge is -2.14. The zero-order chi connectivity index (χ0) is 27.4. The fourth-order valence-electron chi connectivity index (χ4n) is 7.11. The molecule has 4 aromatic heterocycles. The van der Waals surface area contributed by atoms with Crippen LogP contribution in [0.25, 0.3) is 88.0 Å². The van der Waals surface area contributed by atoms with E-state index in [9.17, 15) is 0 Å². The molecule has 10 rings (SSSR count). The highest BCUT2D eigenvalue weighted by molar-refractivity contribution is 6.33. The predicted octanol–water partition coefficient (Wildman–Crippen LogP) is 9.54. The largest absolute Gasteiger partial charge is 0.306 e. The third-order valence-corrected chi connectivity index (χ3v) is 8.80. The molecule has 0 unspecified atom stereocenters. The summed E-state index contributed by atoms with van der Waals surface area (Å²) < 4.78 is 4.84. The first-order valence-corrected chi connectivity index (χ1v) is 14.3. The summed E-state index contributed by atoms with van der Waals surface area (Å²) in [5, 5.41) is 7.52. The molecule has 0 saturated carbocycles. The summed E-state index contributed by atoms with van der Waals surface area (Å²) in [5.74, 6) is 0.841. The van der Waals surface area contributed by atoms with E-state index in [1.54, 1.807) is 0 Å². The van der Waals surface area contributed by atoms with Gasteiger partial charge in [-0.25, -0.2) is 9.97 Å². The normalized spacial score (nSPS) is 12.3. The molecule has 0 bridgehead atoms. The Labute approximate surface area is 240 Å². The topological polar surface area (TPSA) is 35.1 Å². The molecule has 0 N–H and O–H groups in total. The number of para-hydroxylation sites is 4. The van der Waals surface area contributed by atoms with Crippen LogP contribution in [0.15, 0.2) is 133 Å². The number of aromatic nitrogens is 4. The number of benzene rings is 6. The van der Waals surface area contributed by atoms with Gasteiger partial charge in [0.25, 0.3) is 0 Å². The van der Waals surface area contributed by atoms with Gasteiger partial charge in [-0.3, -0.25) is 4.57 Å². The summed E-state index contributed by atoms with van der Waals surface area (Å²) in [4.78, 5) is 10.6. The summed E-state index contributed by atoms with van der Waals surface area (Å²) in [6.45, 7) is 0. The highest BCUT2D eigenvalue weighted by Crippen LogP contribution is 2.47. The molecule has 0 atom stereocenters. The Morgan fingerprint density at radius 1 is 0.452 bits per heavy atom. The Hall–Kier alpha value is -5.74. The lowest BCUT2D eigenvalue weighted by Crippen LogP contribution is -2.03. The van der Waals surface area contributed by atoms with E-state index in [2.05, 4.69) is 118 Å². The summed E-state index contributed by atoms with van der Waals surface area (Å²) >= 11 is 0. The zero-order valence-electron chi connectivity index (χ0n) is 22.5. The predicted molar refractivity (Wildman–Crippen MR) is 174 cm³/mol. The van der Waals surface area contributed by atoms with Crippen LogP contribution in [0, 0.1) is 0 Å². The average molecular weight is 535 g/mol. The molecule has 0 aliphatic rings. The molecule has 6 aromatic carbocycles. The minimum Gasteiger partial charge on any atom is -0.306 e. The van der Waals surface area contributed by atoms with Crippen molar-refractivity contribution in [1.29, 1.82) is 0 Å². The van der Waals surface area contributed by atoms with E-state index >= 15 is 0 Å². The first kappa shape index (κ1) is 22.0. The van der Waals surface area contributed by atoms with Gasteiger partial charge >= 0.3 is 0 Å². The molecule has 194 valence electrons. The summed E-state index contributed by atoms with van der Waals surface area (Å²) in [5.41, 5.74) is 9.65. The molecule has 4 heterocycles. The Morgan fingerprint density at radius 2 is 1.10 bits per heavy atom. The van der Waals surface area contributed by atoms with Gasteiger partial charge in [0.1, 0.15) is 5.69 Å². The Balaban J connectivity index is 1.50. The molecule has 4 nitrogen and oxygen atoms in total. The maximum Gasteiger partial charge on any atom is 0.165 e. The lowest BCUT2D eigenvalue weighted by atomic mass is 10.0. The van der Waals surface area contributed by atoms with Crippen molar-refractivity contribution in [2.75, 3.05) is 0 Å². The van der Waals surface area contributed by atoms with Gasteiger partial charge in [-0.15, -0.1) is 0 Å². The maximum atomic E-state index is 5.35. The second kappa shape index (κ2) is 7.93. The molecule has 4 heteroatoms. The minimum absolute atomic E-state index is 0.841. The zero-order valence-corrected chi connectivity index (χ0v) is 22.5. The van der Waals surface area contributed by atoms with Crippen LogP contribution < -0.4 is 0 Å². The quantitative estimate of drug-likeness (QED) is 0.221. The van der Waals surface area contributed by atoms with Gasteiger partial charge in [0.15, 0.2) is 5.82 Å². The van der Waals surface area contributed by atoms with E-state index in [4.69, 9.17) is 9.97 Å². The summed E-state index contributed by atoms with van der Waals surface area (Å²) in [6.07, 6.45) is 0. The van der Waals surface area contributed by atoms with E-state index in [0.29, 0.717) is 0 Å².